The molecule has 1 aliphatic rings. The Morgan fingerprint density at radius 2 is 2.08 bits per heavy atom. The SMILES string of the molecule is O=C1/C=C\Nc2ccccc2C=N1. The molecule has 1 aromatic rings. The van der Waals surface area contributed by atoms with Crippen molar-refractivity contribution in [1.29, 1.82) is 0 Å². The van der Waals surface area contributed by atoms with Crippen LogP contribution >= 0.6 is 0 Å². The van der Waals surface area contributed by atoms with Gasteiger partial charge in [-0.25, -0.2) is 4.99 Å². The molecule has 0 bridgehead atoms. The molecule has 0 spiro atoms. The van der Waals surface area contributed by atoms with Gasteiger partial charge in [0.05, 0.1) is 0 Å². The van der Waals surface area contributed by atoms with Crippen LogP contribution in [0, 0.1) is 0 Å². The van der Waals surface area contributed by atoms with Crippen LogP contribution in [0.5, 0.6) is 0 Å². The lowest BCUT2D eigenvalue weighted by molar-refractivity contribution is -0.113. The Morgan fingerprint density at radius 3 is 3.00 bits per heavy atom. The molecular formula is C10H8N2O. The zero-order valence-electron chi connectivity index (χ0n) is 6.90. The molecule has 0 aliphatic carbocycles. The minimum Gasteiger partial charge on any atom is -0.361 e. The summed E-state index contributed by atoms with van der Waals surface area (Å²) >= 11 is 0. The third-order valence-electron chi connectivity index (χ3n) is 1.76. The molecule has 1 aromatic carbocycles. The van der Waals surface area contributed by atoms with E-state index in [0.717, 1.165) is 11.3 Å². The van der Waals surface area contributed by atoms with Crippen LogP contribution in [0.15, 0.2) is 41.5 Å². The molecule has 0 aromatic heterocycles. The van der Waals surface area contributed by atoms with Gasteiger partial charge in [-0.2, -0.15) is 0 Å². The van der Waals surface area contributed by atoms with E-state index in [0.29, 0.717) is 0 Å². The highest BCUT2D eigenvalue weighted by Gasteiger charge is 2.00. The summed E-state index contributed by atoms with van der Waals surface area (Å²) in [6, 6.07) is 7.67. The highest BCUT2D eigenvalue weighted by atomic mass is 16.1. The van der Waals surface area contributed by atoms with Crippen molar-refractivity contribution in [1.82, 2.24) is 0 Å². The van der Waals surface area contributed by atoms with Crippen molar-refractivity contribution in [3.05, 3.63) is 42.1 Å². The summed E-state index contributed by atoms with van der Waals surface area (Å²) < 4.78 is 0. The number of nitrogens with one attached hydrogen (secondary N) is 1. The van der Waals surface area contributed by atoms with Gasteiger partial charge >= 0.3 is 0 Å². The smallest absolute Gasteiger partial charge is 0.271 e. The van der Waals surface area contributed by atoms with Gasteiger partial charge in [0.1, 0.15) is 0 Å². The largest absolute Gasteiger partial charge is 0.361 e. The molecule has 1 N–H and O–H groups in total. The Balaban J connectivity index is 2.47. The average molecular weight is 172 g/mol. The Bertz CT molecular complexity index is 394. The number of fused-ring (bicyclic) bond motifs is 1. The summed E-state index contributed by atoms with van der Waals surface area (Å²) in [5.41, 5.74) is 1.87. The van der Waals surface area contributed by atoms with Crippen LogP contribution in [0.2, 0.25) is 0 Å². The summed E-state index contributed by atoms with van der Waals surface area (Å²) in [6.45, 7) is 0. The van der Waals surface area contributed by atoms with Crippen molar-refractivity contribution >= 4 is 17.8 Å². The zero-order chi connectivity index (χ0) is 9.10. The molecule has 3 heteroatoms. The van der Waals surface area contributed by atoms with Crippen molar-refractivity contribution in [2.24, 2.45) is 4.99 Å². The molecule has 0 atom stereocenters. The molecule has 0 saturated carbocycles. The van der Waals surface area contributed by atoms with E-state index in [1.807, 2.05) is 24.3 Å². The summed E-state index contributed by atoms with van der Waals surface area (Å²) in [4.78, 5) is 14.7. The first kappa shape index (κ1) is 7.73. The molecule has 0 fully saturated rings. The van der Waals surface area contributed by atoms with Gasteiger partial charge in [-0.15, -0.1) is 0 Å². The van der Waals surface area contributed by atoms with E-state index in [1.54, 1.807) is 12.4 Å². The molecule has 3 nitrogen and oxygen atoms in total. The first-order valence-corrected chi connectivity index (χ1v) is 3.96. The summed E-state index contributed by atoms with van der Waals surface area (Å²) in [5, 5.41) is 3.00. The number of aliphatic imine (C=N–C) groups is 1. The van der Waals surface area contributed by atoms with E-state index in [2.05, 4.69) is 10.3 Å². The number of para-hydroxylation sites is 1. The maximum absolute atomic E-state index is 10.9. The Kier molecular flexibility index (Phi) is 1.92. The molecule has 2 rings (SSSR count). The molecule has 0 radical (unpaired) electrons. The molecule has 1 aliphatic heterocycles. The van der Waals surface area contributed by atoms with Crippen LogP contribution in [-0.2, 0) is 4.79 Å². The van der Waals surface area contributed by atoms with Gasteiger partial charge in [-0.1, -0.05) is 18.2 Å². The second kappa shape index (κ2) is 3.23. The van der Waals surface area contributed by atoms with Crippen LogP contribution in [0.25, 0.3) is 0 Å². The number of hydrogen-bond acceptors (Lipinski definition) is 2. The molecule has 1 heterocycles. The monoisotopic (exact) mass is 172 g/mol. The van der Waals surface area contributed by atoms with E-state index in [1.165, 1.54) is 6.08 Å². The van der Waals surface area contributed by atoms with E-state index in [9.17, 15) is 4.79 Å². The van der Waals surface area contributed by atoms with Gasteiger partial charge in [-0.3, -0.25) is 4.79 Å². The number of amides is 1. The maximum atomic E-state index is 10.9. The lowest BCUT2D eigenvalue weighted by Crippen LogP contribution is -1.99. The van der Waals surface area contributed by atoms with Crippen molar-refractivity contribution in [2.75, 3.05) is 5.32 Å². The second-order valence-corrected chi connectivity index (χ2v) is 2.66. The molecule has 0 saturated heterocycles. The summed E-state index contributed by atoms with van der Waals surface area (Å²) in [5.74, 6) is -0.248. The predicted octanol–water partition coefficient (Wildman–Crippen LogP) is 1.57. The lowest BCUT2D eigenvalue weighted by Gasteiger charge is -2.05. The van der Waals surface area contributed by atoms with Crippen molar-refractivity contribution < 1.29 is 4.79 Å². The number of anilines is 1. The van der Waals surface area contributed by atoms with E-state index in [-0.39, 0.29) is 5.91 Å². The van der Waals surface area contributed by atoms with Gasteiger partial charge in [0, 0.05) is 29.7 Å². The molecule has 64 valence electrons. The molecule has 13 heavy (non-hydrogen) atoms. The fraction of sp³-hybridized carbons (Fsp3) is 0. The van der Waals surface area contributed by atoms with Crippen LogP contribution in [0.4, 0.5) is 5.69 Å². The molecule has 1 amide bonds. The number of carbonyl (C=O) groups is 1. The van der Waals surface area contributed by atoms with Crippen molar-refractivity contribution in [3.8, 4) is 0 Å². The van der Waals surface area contributed by atoms with Crippen molar-refractivity contribution in [3.63, 3.8) is 0 Å². The average Bonchev–Trinajstić information content (AvgIpc) is 2.13. The first-order valence-electron chi connectivity index (χ1n) is 3.96. The first-order chi connectivity index (χ1) is 6.36. The predicted molar refractivity (Wildman–Crippen MR) is 51.8 cm³/mol. The van der Waals surface area contributed by atoms with Gasteiger partial charge in [0.2, 0.25) is 0 Å². The molecular weight excluding hydrogens is 164 g/mol. The number of carbonyl (C=O) groups excluding carboxylic acids is 1. The van der Waals surface area contributed by atoms with E-state index < -0.39 is 0 Å². The zero-order valence-corrected chi connectivity index (χ0v) is 6.90. The third-order valence-corrected chi connectivity index (χ3v) is 1.76. The van der Waals surface area contributed by atoms with Crippen LogP contribution < -0.4 is 5.32 Å². The van der Waals surface area contributed by atoms with Crippen LogP contribution in [-0.4, -0.2) is 12.1 Å². The topological polar surface area (TPSA) is 41.5 Å². The summed E-state index contributed by atoms with van der Waals surface area (Å²) in [6.07, 6.45) is 4.55. The normalized spacial score (nSPS) is 16.8. The number of rotatable bonds is 0. The lowest BCUT2D eigenvalue weighted by atomic mass is 10.2. The van der Waals surface area contributed by atoms with Crippen LogP contribution in [0.1, 0.15) is 5.56 Å². The standard InChI is InChI=1S/C10H8N2O/c13-10-5-6-11-9-4-2-1-3-8(9)7-12-10/h1-7,11H/b6-5-,12-7?. The van der Waals surface area contributed by atoms with Crippen LogP contribution in [0.3, 0.4) is 0 Å². The fourth-order valence-corrected chi connectivity index (χ4v) is 1.12. The maximum Gasteiger partial charge on any atom is 0.271 e. The third kappa shape index (κ3) is 1.64. The van der Waals surface area contributed by atoms with Gasteiger partial charge < -0.3 is 5.32 Å². The molecule has 0 unspecified atom stereocenters. The Labute approximate surface area is 75.8 Å². The second-order valence-electron chi connectivity index (χ2n) is 2.66. The fourth-order valence-electron chi connectivity index (χ4n) is 1.12. The van der Waals surface area contributed by atoms with E-state index in [4.69, 9.17) is 0 Å². The minimum atomic E-state index is -0.248. The summed E-state index contributed by atoms with van der Waals surface area (Å²) in [7, 11) is 0. The Morgan fingerprint density at radius 1 is 1.23 bits per heavy atom. The van der Waals surface area contributed by atoms with Gasteiger partial charge in [0.15, 0.2) is 0 Å². The number of hydrogen-bond donors (Lipinski definition) is 1. The quantitative estimate of drug-likeness (QED) is 0.645. The van der Waals surface area contributed by atoms with Crippen molar-refractivity contribution in [2.45, 2.75) is 0 Å². The minimum absolute atomic E-state index is 0.248. The van der Waals surface area contributed by atoms with Gasteiger partial charge in [0.25, 0.3) is 5.91 Å². The van der Waals surface area contributed by atoms with E-state index >= 15 is 0 Å². The highest BCUT2D eigenvalue weighted by molar-refractivity contribution is 6.01. The van der Waals surface area contributed by atoms with Gasteiger partial charge in [-0.05, 0) is 6.07 Å². The Hall–Kier alpha value is -1.90. The number of benzene rings is 1. The number of nitrogens with zero attached hydrogens (tertiary/aromatic N) is 1. The highest BCUT2D eigenvalue weighted by Crippen LogP contribution is 2.13.